The molecule has 2 amide bonds. The third kappa shape index (κ3) is 3.63. The van der Waals surface area contributed by atoms with E-state index in [0.29, 0.717) is 24.6 Å². The fraction of sp³-hybridized carbons (Fsp3) is 0.579. The van der Waals surface area contributed by atoms with Gasteiger partial charge in [0.05, 0.1) is 6.54 Å². The Morgan fingerprint density at radius 3 is 2.40 bits per heavy atom. The molecule has 3 aliphatic rings. The van der Waals surface area contributed by atoms with Crippen molar-refractivity contribution in [3.8, 4) is 5.75 Å². The zero-order valence-corrected chi connectivity index (χ0v) is 14.4. The fourth-order valence-corrected chi connectivity index (χ4v) is 3.87. The number of benzene rings is 1. The second kappa shape index (κ2) is 7.04. The van der Waals surface area contributed by atoms with Crippen LogP contribution in [0.2, 0.25) is 0 Å². The van der Waals surface area contributed by atoms with Crippen molar-refractivity contribution in [2.45, 2.75) is 50.7 Å². The van der Waals surface area contributed by atoms with Crippen LogP contribution in [-0.4, -0.2) is 53.5 Å². The third-order valence-corrected chi connectivity index (χ3v) is 5.45. The van der Waals surface area contributed by atoms with Gasteiger partial charge < -0.3 is 9.64 Å². The number of piperidine rings is 1. The SMILES string of the molecule is O=C1CCN(C(=O)c2ccc(O[C@H]3C[C@H](N4CCCCC4)C3)cc2)N1. The van der Waals surface area contributed by atoms with Crippen molar-refractivity contribution in [2.24, 2.45) is 0 Å². The molecule has 3 fully saturated rings. The van der Waals surface area contributed by atoms with Gasteiger partial charge >= 0.3 is 0 Å². The van der Waals surface area contributed by atoms with Crippen molar-refractivity contribution in [1.82, 2.24) is 15.3 Å². The van der Waals surface area contributed by atoms with E-state index in [0.717, 1.165) is 18.6 Å². The minimum absolute atomic E-state index is 0.110. The highest BCUT2D eigenvalue weighted by Crippen LogP contribution is 2.31. The van der Waals surface area contributed by atoms with E-state index in [1.54, 1.807) is 12.1 Å². The summed E-state index contributed by atoms with van der Waals surface area (Å²) in [6, 6.07) is 7.91. The van der Waals surface area contributed by atoms with E-state index in [9.17, 15) is 9.59 Å². The third-order valence-electron chi connectivity index (χ3n) is 5.45. The highest BCUT2D eigenvalue weighted by atomic mass is 16.5. The average molecular weight is 343 g/mol. The van der Waals surface area contributed by atoms with Crippen LogP contribution < -0.4 is 10.2 Å². The second-order valence-corrected chi connectivity index (χ2v) is 7.23. The molecule has 0 spiro atoms. The van der Waals surface area contributed by atoms with Gasteiger partial charge in [0.15, 0.2) is 0 Å². The van der Waals surface area contributed by atoms with Gasteiger partial charge in [-0.1, -0.05) is 6.42 Å². The number of likely N-dealkylation sites (tertiary alicyclic amines) is 1. The predicted molar refractivity (Wildman–Crippen MR) is 93.1 cm³/mol. The van der Waals surface area contributed by atoms with Gasteiger partial charge in [0, 0.05) is 30.9 Å². The Labute approximate surface area is 148 Å². The molecule has 1 N–H and O–H groups in total. The summed E-state index contributed by atoms with van der Waals surface area (Å²) < 4.78 is 6.03. The average Bonchev–Trinajstić information content (AvgIpc) is 3.05. The van der Waals surface area contributed by atoms with Crippen LogP contribution in [0.4, 0.5) is 0 Å². The number of carbonyl (C=O) groups is 2. The van der Waals surface area contributed by atoms with Crippen molar-refractivity contribution in [1.29, 1.82) is 0 Å². The molecule has 0 aromatic heterocycles. The summed E-state index contributed by atoms with van der Waals surface area (Å²) in [6.07, 6.45) is 6.87. The summed E-state index contributed by atoms with van der Waals surface area (Å²) in [5, 5.41) is 1.37. The lowest BCUT2D eigenvalue weighted by Crippen LogP contribution is -2.50. The maximum absolute atomic E-state index is 12.3. The van der Waals surface area contributed by atoms with E-state index in [2.05, 4.69) is 10.3 Å². The highest BCUT2D eigenvalue weighted by molar-refractivity contribution is 5.96. The smallest absolute Gasteiger partial charge is 0.272 e. The van der Waals surface area contributed by atoms with Gasteiger partial charge in [-0.05, 0) is 50.2 Å². The summed E-state index contributed by atoms with van der Waals surface area (Å²) in [6.45, 7) is 2.90. The number of nitrogens with zero attached hydrogens (tertiary/aromatic N) is 2. The Morgan fingerprint density at radius 2 is 1.76 bits per heavy atom. The molecule has 0 atom stereocenters. The van der Waals surface area contributed by atoms with E-state index in [-0.39, 0.29) is 17.9 Å². The predicted octanol–water partition coefficient (Wildman–Crippen LogP) is 1.96. The van der Waals surface area contributed by atoms with Crippen molar-refractivity contribution in [2.75, 3.05) is 19.6 Å². The first kappa shape index (κ1) is 16.4. The maximum atomic E-state index is 12.3. The Bertz CT molecular complexity index is 634. The Kier molecular flexibility index (Phi) is 4.61. The number of ether oxygens (including phenoxy) is 1. The number of amides is 2. The molecule has 4 rings (SSSR count). The van der Waals surface area contributed by atoms with E-state index in [1.165, 1.54) is 37.4 Å². The van der Waals surface area contributed by atoms with E-state index >= 15 is 0 Å². The number of nitrogens with one attached hydrogen (secondary N) is 1. The van der Waals surface area contributed by atoms with Gasteiger partial charge in [0.1, 0.15) is 11.9 Å². The molecule has 6 heteroatoms. The van der Waals surface area contributed by atoms with Gasteiger partial charge in [-0.2, -0.15) is 0 Å². The lowest BCUT2D eigenvalue weighted by atomic mass is 9.86. The van der Waals surface area contributed by atoms with Crippen LogP contribution in [-0.2, 0) is 4.79 Å². The molecule has 1 aromatic carbocycles. The number of carbonyl (C=O) groups excluding carboxylic acids is 2. The molecule has 25 heavy (non-hydrogen) atoms. The number of hydrazine groups is 1. The van der Waals surface area contributed by atoms with Crippen LogP contribution in [0.15, 0.2) is 24.3 Å². The molecule has 2 heterocycles. The molecule has 1 aromatic rings. The van der Waals surface area contributed by atoms with Gasteiger partial charge in [0.2, 0.25) is 5.91 Å². The Balaban J connectivity index is 1.27. The van der Waals surface area contributed by atoms with E-state index < -0.39 is 0 Å². The lowest BCUT2D eigenvalue weighted by molar-refractivity contribution is -0.120. The van der Waals surface area contributed by atoms with Crippen LogP contribution >= 0.6 is 0 Å². The summed E-state index contributed by atoms with van der Waals surface area (Å²) in [7, 11) is 0. The zero-order valence-electron chi connectivity index (χ0n) is 14.4. The van der Waals surface area contributed by atoms with Gasteiger partial charge in [0.25, 0.3) is 5.91 Å². The van der Waals surface area contributed by atoms with Crippen molar-refractivity contribution < 1.29 is 14.3 Å². The van der Waals surface area contributed by atoms with Crippen LogP contribution in [0.5, 0.6) is 5.75 Å². The van der Waals surface area contributed by atoms with E-state index in [4.69, 9.17) is 4.74 Å². The van der Waals surface area contributed by atoms with Crippen LogP contribution in [0, 0.1) is 0 Å². The first-order valence-electron chi connectivity index (χ1n) is 9.31. The van der Waals surface area contributed by atoms with Gasteiger partial charge in [-0.15, -0.1) is 0 Å². The van der Waals surface area contributed by atoms with Crippen LogP contribution in [0.3, 0.4) is 0 Å². The molecule has 134 valence electrons. The highest BCUT2D eigenvalue weighted by Gasteiger charge is 2.35. The molecule has 1 saturated carbocycles. The van der Waals surface area contributed by atoms with Crippen molar-refractivity contribution in [3.63, 3.8) is 0 Å². The molecule has 0 radical (unpaired) electrons. The minimum atomic E-state index is -0.175. The maximum Gasteiger partial charge on any atom is 0.272 e. The summed E-state index contributed by atoms with van der Waals surface area (Å²) in [5.41, 5.74) is 3.13. The molecule has 0 unspecified atom stereocenters. The first-order chi connectivity index (χ1) is 12.2. The first-order valence-corrected chi connectivity index (χ1v) is 9.31. The largest absolute Gasteiger partial charge is 0.490 e. The fourth-order valence-electron chi connectivity index (χ4n) is 3.87. The number of rotatable bonds is 4. The van der Waals surface area contributed by atoms with E-state index in [1.807, 2.05) is 12.1 Å². The summed E-state index contributed by atoms with van der Waals surface area (Å²) in [4.78, 5) is 26.1. The second-order valence-electron chi connectivity index (χ2n) is 7.23. The lowest BCUT2D eigenvalue weighted by Gasteiger charge is -2.44. The summed E-state index contributed by atoms with van der Waals surface area (Å²) in [5.74, 6) is 0.525. The number of hydrogen-bond donors (Lipinski definition) is 1. The summed E-state index contributed by atoms with van der Waals surface area (Å²) >= 11 is 0. The standard InChI is InChI=1S/C19H25N3O3/c23-18-8-11-22(20-18)19(24)14-4-6-16(7-5-14)25-17-12-15(13-17)21-9-2-1-3-10-21/h4-7,15,17H,1-3,8-13H2,(H,20,23)/t15-,17-. The quantitative estimate of drug-likeness (QED) is 0.908. The molecule has 2 aliphatic heterocycles. The number of hydrogen-bond acceptors (Lipinski definition) is 4. The molecular formula is C19H25N3O3. The monoisotopic (exact) mass is 343 g/mol. The molecular weight excluding hydrogens is 318 g/mol. The van der Waals surface area contributed by atoms with Gasteiger partial charge in [-0.3, -0.25) is 15.0 Å². The molecule has 6 nitrogen and oxygen atoms in total. The van der Waals surface area contributed by atoms with Crippen LogP contribution in [0.1, 0.15) is 48.9 Å². The Morgan fingerprint density at radius 1 is 1.04 bits per heavy atom. The normalized spacial score (nSPS) is 26.9. The van der Waals surface area contributed by atoms with Crippen molar-refractivity contribution in [3.05, 3.63) is 29.8 Å². The van der Waals surface area contributed by atoms with Crippen molar-refractivity contribution >= 4 is 11.8 Å². The zero-order chi connectivity index (χ0) is 17.2. The van der Waals surface area contributed by atoms with Crippen LogP contribution in [0.25, 0.3) is 0 Å². The Hall–Kier alpha value is -2.08. The molecule has 0 bridgehead atoms. The molecule has 1 aliphatic carbocycles. The topological polar surface area (TPSA) is 61.9 Å². The molecule has 2 saturated heterocycles. The van der Waals surface area contributed by atoms with Gasteiger partial charge in [-0.25, -0.2) is 5.01 Å². The minimum Gasteiger partial charge on any atom is -0.490 e.